The minimum atomic E-state index is -0.135. The number of benzene rings is 1. The predicted octanol–water partition coefficient (Wildman–Crippen LogP) is 2.57. The van der Waals surface area contributed by atoms with Crippen LogP contribution in [-0.2, 0) is 9.59 Å². The number of hydrogen-bond donors (Lipinski definition) is 0. The quantitative estimate of drug-likeness (QED) is 0.613. The Kier molecular flexibility index (Phi) is 3.16. The maximum absolute atomic E-state index is 12.4. The number of hydrogen-bond acceptors (Lipinski definition) is 3. The lowest BCUT2D eigenvalue weighted by Crippen LogP contribution is -2.30. The van der Waals surface area contributed by atoms with Crippen LogP contribution in [0.1, 0.15) is 43.0 Å². The Bertz CT molecular complexity index is 552. The first-order chi connectivity index (χ1) is 9.59. The van der Waals surface area contributed by atoms with Gasteiger partial charge in [0.25, 0.3) is 0 Å². The number of rotatable bonds is 2. The molecule has 1 aliphatic carbocycles. The average Bonchev–Trinajstić information content (AvgIpc) is 2.72. The van der Waals surface area contributed by atoms with E-state index >= 15 is 0 Å². The first kappa shape index (κ1) is 13.0. The van der Waals surface area contributed by atoms with Gasteiger partial charge >= 0.3 is 0 Å². The van der Waals surface area contributed by atoms with E-state index in [1.807, 2.05) is 0 Å². The highest BCUT2D eigenvalue weighted by molar-refractivity contribution is 6.22. The van der Waals surface area contributed by atoms with Crippen LogP contribution in [0.2, 0.25) is 0 Å². The molecule has 0 unspecified atom stereocenters. The number of fused-ring (bicyclic) bond motifs is 1. The standard InChI is InChI=1S/C16H17NO3/c1-10(18)11-6-8-12(9-7-11)17-15(19)13-4-2-3-5-14(13)16(17)20/h6-9,13-14H,2-5H2,1H3/t13-,14+. The second kappa shape index (κ2) is 4.85. The number of nitrogens with zero attached hydrogens (tertiary/aromatic N) is 1. The first-order valence-electron chi connectivity index (χ1n) is 7.08. The highest BCUT2D eigenvalue weighted by atomic mass is 16.2. The molecule has 2 amide bonds. The lowest BCUT2D eigenvalue weighted by atomic mass is 9.81. The number of amides is 2. The smallest absolute Gasteiger partial charge is 0.237 e. The monoisotopic (exact) mass is 271 g/mol. The van der Waals surface area contributed by atoms with E-state index in [-0.39, 0.29) is 29.4 Å². The minimum Gasteiger partial charge on any atom is -0.295 e. The Hall–Kier alpha value is -1.97. The fourth-order valence-corrected chi connectivity index (χ4v) is 3.26. The van der Waals surface area contributed by atoms with E-state index < -0.39 is 0 Å². The number of ketones is 1. The molecular formula is C16H17NO3. The van der Waals surface area contributed by atoms with Crippen LogP contribution in [0, 0.1) is 11.8 Å². The molecule has 20 heavy (non-hydrogen) atoms. The van der Waals surface area contributed by atoms with Crippen LogP contribution in [0.4, 0.5) is 5.69 Å². The number of imide groups is 1. The molecule has 0 bridgehead atoms. The van der Waals surface area contributed by atoms with Crippen molar-refractivity contribution in [2.75, 3.05) is 4.90 Å². The molecule has 2 atom stereocenters. The summed E-state index contributed by atoms with van der Waals surface area (Å²) in [6.07, 6.45) is 3.68. The number of Topliss-reactive ketones (excluding diaryl/α,β-unsaturated/α-hetero) is 1. The molecular weight excluding hydrogens is 254 g/mol. The normalized spacial score (nSPS) is 25.8. The van der Waals surface area contributed by atoms with E-state index in [1.54, 1.807) is 24.3 Å². The number of carbonyl (C=O) groups excluding carboxylic acids is 3. The van der Waals surface area contributed by atoms with Crippen LogP contribution >= 0.6 is 0 Å². The van der Waals surface area contributed by atoms with Gasteiger partial charge in [0.15, 0.2) is 5.78 Å². The van der Waals surface area contributed by atoms with Crippen molar-refractivity contribution in [3.63, 3.8) is 0 Å². The van der Waals surface area contributed by atoms with E-state index in [4.69, 9.17) is 0 Å². The van der Waals surface area contributed by atoms with Gasteiger partial charge in [0.1, 0.15) is 0 Å². The largest absolute Gasteiger partial charge is 0.295 e. The zero-order chi connectivity index (χ0) is 14.3. The van der Waals surface area contributed by atoms with Crippen LogP contribution < -0.4 is 4.90 Å². The van der Waals surface area contributed by atoms with Gasteiger partial charge in [-0.15, -0.1) is 0 Å². The Labute approximate surface area is 117 Å². The molecule has 1 aromatic carbocycles. The molecule has 1 saturated carbocycles. The lowest BCUT2D eigenvalue weighted by molar-refractivity contribution is -0.122. The van der Waals surface area contributed by atoms with Gasteiger partial charge in [-0.05, 0) is 44.0 Å². The third kappa shape index (κ3) is 1.96. The molecule has 0 N–H and O–H groups in total. The molecule has 1 heterocycles. The molecule has 0 radical (unpaired) electrons. The van der Waals surface area contributed by atoms with E-state index in [2.05, 4.69) is 0 Å². The van der Waals surface area contributed by atoms with Crippen LogP contribution in [-0.4, -0.2) is 17.6 Å². The fourth-order valence-electron chi connectivity index (χ4n) is 3.26. The van der Waals surface area contributed by atoms with Crippen LogP contribution in [0.25, 0.3) is 0 Å². The van der Waals surface area contributed by atoms with Gasteiger partial charge in [0.05, 0.1) is 17.5 Å². The second-order valence-electron chi connectivity index (χ2n) is 5.61. The highest BCUT2D eigenvalue weighted by Gasteiger charge is 2.48. The molecule has 104 valence electrons. The van der Waals surface area contributed by atoms with Gasteiger partial charge in [-0.3, -0.25) is 19.3 Å². The van der Waals surface area contributed by atoms with Crippen molar-refractivity contribution in [3.05, 3.63) is 29.8 Å². The minimum absolute atomic E-state index is 0.0238. The molecule has 0 aromatic heterocycles. The van der Waals surface area contributed by atoms with Crippen LogP contribution in [0.3, 0.4) is 0 Å². The van der Waals surface area contributed by atoms with Crippen molar-refractivity contribution in [2.24, 2.45) is 11.8 Å². The highest BCUT2D eigenvalue weighted by Crippen LogP contribution is 2.39. The summed E-state index contributed by atoms with van der Waals surface area (Å²) in [5.74, 6) is -0.442. The van der Waals surface area contributed by atoms with E-state index in [1.165, 1.54) is 11.8 Å². The molecule has 1 aliphatic heterocycles. The van der Waals surface area contributed by atoms with E-state index in [0.717, 1.165) is 25.7 Å². The Morgan fingerprint density at radius 1 is 1.00 bits per heavy atom. The molecule has 0 spiro atoms. The van der Waals surface area contributed by atoms with Crippen molar-refractivity contribution in [1.29, 1.82) is 0 Å². The van der Waals surface area contributed by atoms with Gasteiger partial charge < -0.3 is 0 Å². The topological polar surface area (TPSA) is 54.5 Å². The molecule has 2 aliphatic rings. The molecule has 4 nitrogen and oxygen atoms in total. The molecule has 3 rings (SSSR count). The summed E-state index contributed by atoms with van der Waals surface area (Å²) < 4.78 is 0. The zero-order valence-corrected chi connectivity index (χ0v) is 11.5. The fraction of sp³-hybridized carbons (Fsp3) is 0.438. The van der Waals surface area contributed by atoms with Gasteiger partial charge in [0.2, 0.25) is 11.8 Å². The van der Waals surface area contributed by atoms with Gasteiger partial charge in [0, 0.05) is 5.56 Å². The Morgan fingerprint density at radius 3 is 1.95 bits per heavy atom. The Balaban J connectivity index is 1.91. The van der Waals surface area contributed by atoms with Crippen molar-refractivity contribution < 1.29 is 14.4 Å². The maximum Gasteiger partial charge on any atom is 0.237 e. The van der Waals surface area contributed by atoms with Crippen LogP contribution in [0.15, 0.2) is 24.3 Å². The van der Waals surface area contributed by atoms with Gasteiger partial charge in [-0.25, -0.2) is 0 Å². The van der Waals surface area contributed by atoms with Crippen molar-refractivity contribution in [1.82, 2.24) is 0 Å². The Morgan fingerprint density at radius 2 is 1.50 bits per heavy atom. The van der Waals surface area contributed by atoms with Crippen molar-refractivity contribution in [3.8, 4) is 0 Å². The van der Waals surface area contributed by atoms with Crippen molar-refractivity contribution >= 4 is 23.3 Å². The third-order valence-corrected chi connectivity index (χ3v) is 4.37. The molecule has 1 aromatic rings. The summed E-state index contributed by atoms with van der Waals surface area (Å²) in [5, 5.41) is 0. The van der Waals surface area contributed by atoms with Gasteiger partial charge in [-0.2, -0.15) is 0 Å². The molecule has 1 saturated heterocycles. The average molecular weight is 271 g/mol. The molecule has 2 fully saturated rings. The lowest BCUT2D eigenvalue weighted by Gasteiger charge is -2.19. The van der Waals surface area contributed by atoms with E-state index in [9.17, 15) is 14.4 Å². The SMILES string of the molecule is CC(=O)c1ccc(N2C(=O)[C@H]3CCCC[C@H]3C2=O)cc1. The van der Waals surface area contributed by atoms with Crippen molar-refractivity contribution in [2.45, 2.75) is 32.6 Å². The van der Waals surface area contributed by atoms with E-state index in [0.29, 0.717) is 11.3 Å². The second-order valence-corrected chi connectivity index (χ2v) is 5.61. The zero-order valence-electron chi connectivity index (χ0n) is 11.5. The summed E-state index contributed by atoms with van der Waals surface area (Å²) in [7, 11) is 0. The maximum atomic E-state index is 12.4. The summed E-state index contributed by atoms with van der Waals surface area (Å²) >= 11 is 0. The van der Waals surface area contributed by atoms with Crippen LogP contribution in [0.5, 0.6) is 0 Å². The summed E-state index contributed by atoms with van der Waals surface area (Å²) in [5.41, 5.74) is 1.17. The predicted molar refractivity (Wildman–Crippen MR) is 74.4 cm³/mol. The summed E-state index contributed by atoms with van der Waals surface area (Å²) in [6, 6.07) is 6.70. The third-order valence-electron chi connectivity index (χ3n) is 4.37. The first-order valence-corrected chi connectivity index (χ1v) is 7.08. The number of carbonyl (C=O) groups is 3. The van der Waals surface area contributed by atoms with Gasteiger partial charge in [-0.1, -0.05) is 12.8 Å². The number of anilines is 1. The molecule has 4 heteroatoms. The summed E-state index contributed by atoms with van der Waals surface area (Å²) in [6.45, 7) is 1.50. The summed E-state index contributed by atoms with van der Waals surface area (Å²) in [4.78, 5) is 37.4.